The summed E-state index contributed by atoms with van der Waals surface area (Å²) in [5.74, 6) is 0.943. The van der Waals surface area contributed by atoms with Gasteiger partial charge in [-0.25, -0.2) is 0 Å². The minimum atomic E-state index is -0.445. The Balaban J connectivity index is 1.63. The number of unbranched alkanes of at least 4 members (excludes halogenated alkanes) is 16. The zero-order valence-electron chi connectivity index (χ0n) is 39.1. The predicted octanol–water partition coefficient (Wildman–Crippen LogP) is 14.5. The van der Waals surface area contributed by atoms with E-state index in [9.17, 15) is 9.59 Å². The van der Waals surface area contributed by atoms with Crippen LogP contribution in [0.15, 0.2) is 0 Å². The number of hydrogen-bond acceptors (Lipinski definition) is 7. The maximum Gasteiger partial charge on any atom is 0.305 e. The molecule has 0 amide bonds. The van der Waals surface area contributed by atoms with Gasteiger partial charge in [-0.3, -0.25) is 9.59 Å². The van der Waals surface area contributed by atoms with E-state index in [0.717, 1.165) is 103 Å². The van der Waals surface area contributed by atoms with Crippen LogP contribution in [0.5, 0.6) is 0 Å². The number of carbonyl (C=O) groups excluding carboxylic acids is 2. The molecule has 2 aliphatic heterocycles. The van der Waals surface area contributed by atoms with Crippen LogP contribution in [-0.2, 0) is 28.5 Å². The van der Waals surface area contributed by atoms with Gasteiger partial charge in [0.25, 0.3) is 0 Å². The number of ether oxygens (including phenoxy) is 4. The van der Waals surface area contributed by atoms with Crippen LogP contribution in [0.3, 0.4) is 0 Å². The van der Waals surface area contributed by atoms with Crippen molar-refractivity contribution in [1.82, 2.24) is 4.90 Å². The molecule has 7 heteroatoms. The van der Waals surface area contributed by atoms with Gasteiger partial charge in [-0.05, 0) is 82.7 Å². The molecule has 0 bridgehead atoms. The van der Waals surface area contributed by atoms with Gasteiger partial charge in [0.15, 0.2) is 5.79 Å². The molecule has 0 radical (unpaired) electrons. The first-order chi connectivity index (χ1) is 28.4. The summed E-state index contributed by atoms with van der Waals surface area (Å²) in [4.78, 5) is 27.5. The average molecular weight is 820 g/mol. The van der Waals surface area contributed by atoms with Crippen LogP contribution in [0.2, 0.25) is 0 Å². The third-order valence-electron chi connectivity index (χ3n) is 13.2. The zero-order chi connectivity index (χ0) is 41.8. The van der Waals surface area contributed by atoms with E-state index in [1.807, 2.05) is 0 Å². The number of nitrogens with zero attached hydrogens (tertiary/aromatic N) is 1. The predicted molar refractivity (Wildman–Crippen MR) is 243 cm³/mol. The van der Waals surface area contributed by atoms with Gasteiger partial charge in [0, 0.05) is 32.2 Å². The lowest BCUT2D eigenvalue weighted by molar-refractivity contribution is -0.180. The first kappa shape index (κ1) is 53.0. The van der Waals surface area contributed by atoms with E-state index in [4.69, 9.17) is 18.9 Å². The maximum atomic E-state index is 12.5. The Morgan fingerprint density at radius 2 is 0.966 bits per heavy atom. The molecule has 2 heterocycles. The Bertz CT molecular complexity index is 877. The lowest BCUT2D eigenvalue weighted by atomic mass is 9.92. The quantitative estimate of drug-likeness (QED) is 0.0449. The van der Waals surface area contributed by atoms with E-state index >= 15 is 0 Å². The van der Waals surface area contributed by atoms with Gasteiger partial charge in [-0.2, -0.15) is 0 Å². The van der Waals surface area contributed by atoms with E-state index in [1.54, 1.807) is 0 Å². The van der Waals surface area contributed by atoms with Crippen molar-refractivity contribution in [3.8, 4) is 0 Å². The van der Waals surface area contributed by atoms with Crippen LogP contribution in [0.4, 0.5) is 0 Å². The molecule has 2 aliphatic rings. The second-order valence-corrected chi connectivity index (χ2v) is 18.6. The van der Waals surface area contributed by atoms with Crippen LogP contribution in [0.1, 0.15) is 252 Å². The van der Waals surface area contributed by atoms with Gasteiger partial charge in [0.05, 0.1) is 25.9 Å². The molecule has 0 spiro atoms. The van der Waals surface area contributed by atoms with Gasteiger partial charge in [0.2, 0.25) is 0 Å². The number of likely N-dealkylation sites (tertiary alicyclic amines) is 1. The van der Waals surface area contributed by atoms with Crippen molar-refractivity contribution >= 4 is 11.9 Å². The molecule has 58 heavy (non-hydrogen) atoms. The highest BCUT2D eigenvalue weighted by Gasteiger charge is 2.40. The van der Waals surface area contributed by atoms with Crippen molar-refractivity contribution in [3.05, 3.63) is 0 Å². The number of hydrogen-bond donors (Lipinski definition) is 0. The van der Waals surface area contributed by atoms with Gasteiger partial charge in [-0.15, -0.1) is 0 Å². The van der Waals surface area contributed by atoms with Crippen molar-refractivity contribution in [2.75, 3.05) is 39.5 Å². The Labute approximate surface area is 360 Å². The van der Waals surface area contributed by atoms with Crippen LogP contribution < -0.4 is 0 Å². The van der Waals surface area contributed by atoms with Crippen molar-refractivity contribution in [3.63, 3.8) is 0 Å². The molecule has 2 fully saturated rings. The van der Waals surface area contributed by atoms with Crippen LogP contribution >= 0.6 is 0 Å². The van der Waals surface area contributed by atoms with Crippen LogP contribution in [-0.4, -0.2) is 68.2 Å². The summed E-state index contributed by atoms with van der Waals surface area (Å²) in [6.07, 6.45) is 40.4. The third-order valence-corrected chi connectivity index (χ3v) is 13.2. The molecule has 2 saturated heterocycles. The minimum absolute atomic E-state index is 0.0119. The lowest BCUT2D eigenvalue weighted by Gasteiger charge is -2.29. The lowest BCUT2D eigenvalue weighted by Crippen LogP contribution is -2.32. The monoisotopic (exact) mass is 820 g/mol. The number of rotatable bonds is 41. The van der Waals surface area contributed by atoms with Gasteiger partial charge in [-0.1, -0.05) is 169 Å². The third kappa shape index (κ3) is 27.6. The average Bonchev–Trinajstić information content (AvgIpc) is 3.90. The van der Waals surface area contributed by atoms with E-state index in [0.29, 0.717) is 44.5 Å². The summed E-state index contributed by atoms with van der Waals surface area (Å²) in [6.45, 7) is 14.5. The zero-order valence-corrected chi connectivity index (χ0v) is 39.1. The van der Waals surface area contributed by atoms with Crippen molar-refractivity contribution < 1.29 is 28.5 Å². The molecule has 0 saturated carbocycles. The molecule has 2 rings (SSSR count). The maximum absolute atomic E-state index is 12.5. The summed E-state index contributed by atoms with van der Waals surface area (Å²) in [7, 11) is 0. The molecule has 0 aromatic carbocycles. The standard InChI is InChI=1S/C51H97NO6/c1-5-9-19-29-46(30-20-10-6-2)36-43-55-49(53)33-23-15-13-17-25-38-51(57-45-48(58-51)35-42-52-40-27-28-41-52)39-26-18-14-16-24-34-50(54)56-44-37-47(31-21-11-7-3)32-22-12-8-4/h46-48H,5-45H2,1-4H3. The van der Waals surface area contributed by atoms with Crippen molar-refractivity contribution in [2.45, 2.75) is 264 Å². The van der Waals surface area contributed by atoms with E-state index in [1.165, 1.54) is 129 Å². The first-order valence-corrected chi connectivity index (χ1v) is 25.8. The second-order valence-electron chi connectivity index (χ2n) is 18.6. The highest BCUT2D eigenvalue weighted by Crippen LogP contribution is 2.36. The molecule has 7 nitrogen and oxygen atoms in total. The number of esters is 2. The highest BCUT2D eigenvalue weighted by atomic mass is 16.7. The largest absolute Gasteiger partial charge is 0.466 e. The summed E-state index contributed by atoms with van der Waals surface area (Å²) in [5.41, 5.74) is 0. The van der Waals surface area contributed by atoms with E-state index in [-0.39, 0.29) is 18.0 Å². The topological polar surface area (TPSA) is 74.3 Å². The fraction of sp³-hybridized carbons (Fsp3) is 0.961. The van der Waals surface area contributed by atoms with Gasteiger partial charge >= 0.3 is 11.9 Å². The fourth-order valence-electron chi connectivity index (χ4n) is 9.29. The SMILES string of the molecule is CCCCCC(CCCCC)CCOC(=O)CCCCCCCC1(CCCCCCCC(=O)OCCC(CCCCC)CCCCC)OCC(CCN2CCCC2)O1. The summed E-state index contributed by atoms with van der Waals surface area (Å²) in [6, 6.07) is 0. The van der Waals surface area contributed by atoms with Gasteiger partial charge < -0.3 is 23.8 Å². The Hall–Kier alpha value is -1.18. The molecule has 342 valence electrons. The molecule has 0 aromatic heterocycles. The summed E-state index contributed by atoms with van der Waals surface area (Å²) < 4.78 is 24.7. The molecule has 1 atom stereocenters. The molecule has 0 aliphatic carbocycles. The van der Waals surface area contributed by atoms with Crippen molar-refractivity contribution in [1.29, 1.82) is 0 Å². The normalized spacial score (nSPS) is 16.9. The molecular weight excluding hydrogens is 723 g/mol. The highest BCUT2D eigenvalue weighted by molar-refractivity contribution is 5.69. The van der Waals surface area contributed by atoms with Gasteiger partial charge in [0.1, 0.15) is 0 Å². The summed E-state index contributed by atoms with van der Waals surface area (Å²) >= 11 is 0. The molecule has 0 N–H and O–H groups in total. The Kier molecular flexibility index (Phi) is 33.3. The van der Waals surface area contributed by atoms with Crippen molar-refractivity contribution in [2.24, 2.45) is 11.8 Å². The first-order valence-electron chi connectivity index (χ1n) is 25.8. The Morgan fingerprint density at radius 1 is 0.552 bits per heavy atom. The van der Waals surface area contributed by atoms with Crippen LogP contribution in [0, 0.1) is 11.8 Å². The second kappa shape index (κ2) is 36.5. The fourth-order valence-corrected chi connectivity index (χ4v) is 9.29. The summed E-state index contributed by atoms with van der Waals surface area (Å²) in [5, 5.41) is 0. The van der Waals surface area contributed by atoms with E-state index < -0.39 is 5.79 Å². The minimum Gasteiger partial charge on any atom is -0.466 e. The smallest absolute Gasteiger partial charge is 0.305 e. The molecule has 0 aromatic rings. The van der Waals surface area contributed by atoms with Crippen LogP contribution in [0.25, 0.3) is 0 Å². The van der Waals surface area contributed by atoms with E-state index in [2.05, 4.69) is 32.6 Å². The number of carbonyl (C=O) groups is 2. The molecule has 1 unspecified atom stereocenters. The Morgan fingerprint density at radius 3 is 1.40 bits per heavy atom. The molecular formula is C51H97NO6.